The fourth-order valence-electron chi connectivity index (χ4n) is 3.63. The number of carbonyl (C=O) groups is 2. The molecular formula is C21H17ClF3N3O2. The van der Waals surface area contributed by atoms with E-state index < -0.39 is 23.6 Å². The number of alkyl halides is 3. The van der Waals surface area contributed by atoms with Gasteiger partial charge in [0.15, 0.2) is 0 Å². The lowest BCUT2D eigenvalue weighted by atomic mass is 10.1. The van der Waals surface area contributed by atoms with E-state index >= 15 is 0 Å². The van der Waals surface area contributed by atoms with E-state index in [1.54, 1.807) is 35.2 Å². The van der Waals surface area contributed by atoms with Gasteiger partial charge in [-0.25, -0.2) is 4.90 Å². The van der Waals surface area contributed by atoms with Crippen molar-refractivity contribution in [1.82, 2.24) is 4.90 Å². The molecule has 1 fully saturated rings. The molecule has 0 atom stereocenters. The molecule has 30 heavy (non-hydrogen) atoms. The number of rotatable bonds is 3. The molecule has 2 aliphatic rings. The van der Waals surface area contributed by atoms with E-state index in [0.29, 0.717) is 42.6 Å². The largest absolute Gasteiger partial charge is 0.416 e. The maximum absolute atomic E-state index is 13.0. The Bertz CT molecular complexity index is 1030. The standard InChI is InChI=1S/C21H17ClF3N3O2/c22-15-4-2-6-17(12-15)28-19(29)13-18(20(28)30)27-9-7-26(8-10-27)16-5-1-3-14(11-16)21(23,24)25/h1-6,11-13H,7-10H2. The van der Waals surface area contributed by atoms with Gasteiger partial charge in [0.25, 0.3) is 11.8 Å². The van der Waals surface area contributed by atoms with Gasteiger partial charge in [-0.1, -0.05) is 23.7 Å². The van der Waals surface area contributed by atoms with Crippen molar-refractivity contribution in [2.24, 2.45) is 0 Å². The Morgan fingerprint density at radius 1 is 0.833 bits per heavy atom. The molecule has 1 saturated heterocycles. The van der Waals surface area contributed by atoms with E-state index in [9.17, 15) is 22.8 Å². The van der Waals surface area contributed by atoms with Gasteiger partial charge in [-0.2, -0.15) is 13.2 Å². The number of imide groups is 1. The minimum Gasteiger partial charge on any atom is -0.368 e. The quantitative estimate of drug-likeness (QED) is 0.685. The highest BCUT2D eigenvalue weighted by atomic mass is 35.5. The van der Waals surface area contributed by atoms with Crippen molar-refractivity contribution >= 4 is 34.8 Å². The average Bonchev–Trinajstić information content (AvgIpc) is 3.01. The molecule has 4 rings (SSSR count). The molecule has 0 bridgehead atoms. The molecular weight excluding hydrogens is 419 g/mol. The first-order valence-electron chi connectivity index (χ1n) is 9.27. The summed E-state index contributed by atoms with van der Waals surface area (Å²) in [7, 11) is 0. The summed E-state index contributed by atoms with van der Waals surface area (Å²) >= 11 is 5.96. The highest BCUT2D eigenvalue weighted by molar-refractivity contribution is 6.33. The Labute approximate surface area is 175 Å². The second-order valence-corrected chi connectivity index (χ2v) is 7.45. The second-order valence-electron chi connectivity index (χ2n) is 7.01. The van der Waals surface area contributed by atoms with Crippen LogP contribution in [0.15, 0.2) is 60.3 Å². The number of carbonyl (C=O) groups excluding carboxylic acids is 2. The Balaban J connectivity index is 1.45. The van der Waals surface area contributed by atoms with Crippen molar-refractivity contribution in [1.29, 1.82) is 0 Å². The third-order valence-electron chi connectivity index (χ3n) is 5.13. The molecule has 2 aromatic rings. The SMILES string of the molecule is O=C1C=C(N2CCN(c3cccc(C(F)(F)F)c3)CC2)C(=O)N1c1cccc(Cl)c1. The van der Waals surface area contributed by atoms with Crippen molar-refractivity contribution in [2.75, 3.05) is 36.0 Å². The lowest BCUT2D eigenvalue weighted by Crippen LogP contribution is -2.47. The zero-order chi connectivity index (χ0) is 21.5. The molecule has 0 aliphatic carbocycles. The van der Waals surface area contributed by atoms with E-state index in [2.05, 4.69) is 0 Å². The molecule has 0 aromatic heterocycles. The third-order valence-corrected chi connectivity index (χ3v) is 5.36. The second kappa shape index (κ2) is 7.68. The molecule has 0 N–H and O–H groups in total. The number of benzene rings is 2. The van der Waals surface area contributed by atoms with Crippen molar-refractivity contribution in [3.63, 3.8) is 0 Å². The Kier molecular flexibility index (Phi) is 5.19. The summed E-state index contributed by atoms with van der Waals surface area (Å²) in [6.45, 7) is 1.67. The van der Waals surface area contributed by atoms with Crippen molar-refractivity contribution in [3.05, 3.63) is 70.9 Å². The van der Waals surface area contributed by atoms with E-state index in [1.165, 1.54) is 12.1 Å². The molecule has 156 valence electrons. The van der Waals surface area contributed by atoms with Crippen LogP contribution in [0.3, 0.4) is 0 Å². The van der Waals surface area contributed by atoms with Crippen LogP contribution in [0.1, 0.15) is 5.56 Å². The Morgan fingerprint density at radius 3 is 2.13 bits per heavy atom. The third kappa shape index (κ3) is 3.87. The van der Waals surface area contributed by atoms with Gasteiger partial charge >= 0.3 is 6.18 Å². The van der Waals surface area contributed by atoms with Gasteiger partial charge in [0.05, 0.1) is 11.3 Å². The molecule has 0 radical (unpaired) electrons. The zero-order valence-corrected chi connectivity index (χ0v) is 16.5. The number of anilines is 2. The molecule has 9 heteroatoms. The first-order valence-corrected chi connectivity index (χ1v) is 9.65. The smallest absolute Gasteiger partial charge is 0.368 e. The maximum atomic E-state index is 13.0. The highest BCUT2D eigenvalue weighted by Crippen LogP contribution is 2.32. The van der Waals surface area contributed by atoms with E-state index in [1.807, 2.05) is 4.90 Å². The summed E-state index contributed by atoms with van der Waals surface area (Å²) in [6.07, 6.45) is -3.10. The number of halogens is 4. The van der Waals surface area contributed by atoms with Crippen LogP contribution in [0, 0.1) is 0 Å². The normalized spacial score (nSPS) is 17.6. The number of hydrogen-bond acceptors (Lipinski definition) is 4. The maximum Gasteiger partial charge on any atom is 0.416 e. The van der Waals surface area contributed by atoms with Crippen molar-refractivity contribution in [3.8, 4) is 0 Å². The van der Waals surface area contributed by atoms with Crippen molar-refractivity contribution < 1.29 is 22.8 Å². The molecule has 2 heterocycles. The number of piperazine rings is 1. The van der Waals surface area contributed by atoms with Gasteiger partial charge in [0.2, 0.25) is 0 Å². The number of nitrogens with zero attached hydrogens (tertiary/aromatic N) is 3. The summed E-state index contributed by atoms with van der Waals surface area (Å²) in [5.41, 5.74) is 0.460. The number of amides is 2. The van der Waals surface area contributed by atoms with Crippen LogP contribution in [0.2, 0.25) is 5.02 Å². The Morgan fingerprint density at radius 2 is 1.47 bits per heavy atom. The van der Waals surface area contributed by atoms with E-state index in [0.717, 1.165) is 17.0 Å². The fourth-order valence-corrected chi connectivity index (χ4v) is 3.81. The summed E-state index contributed by atoms with van der Waals surface area (Å²) in [4.78, 5) is 29.9. The molecule has 0 saturated carbocycles. The van der Waals surface area contributed by atoms with Gasteiger partial charge in [-0.3, -0.25) is 9.59 Å². The average molecular weight is 436 g/mol. The van der Waals surface area contributed by atoms with Crippen LogP contribution in [0.4, 0.5) is 24.5 Å². The van der Waals surface area contributed by atoms with Gasteiger partial charge in [0.1, 0.15) is 5.70 Å². The zero-order valence-electron chi connectivity index (χ0n) is 15.7. The van der Waals surface area contributed by atoms with Crippen LogP contribution < -0.4 is 9.80 Å². The van der Waals surface area contributed by atoms with Crippen LogP contribution in [-0.4, -0.2) is 42.9 Å². The molecule has 2 aliphatic heterocycles. The molecule has 0 spiro atoms. The fraction of sp³-hybridized carbons (Fsp3) is 0.238. The van der Waals surface area contributed by atoms with Gasteiger partial charge in [-0.15, -0.1) is 0 Å². The summed E-state index contributed by atoms with van der Waals surface area (Å²) in [5, 5.41) is 0.413. The number of hydrogen-bond donors (Lipinski definition) is 0. The first-order chi connectivity index (χ1) is 14.2. The predicted molar refractivity (Wildman–Crippen MR) is 107 cm³/mol. The van der Waals surface area contributed by atoms with E-state index in [-0.39, 0.29) is 5.70 Å². The molecule has 2 amide bonds. The van der Waals surface area contributed by atoms with E-state index in [4.69, 9.17) is 11.6 Å². The first kappa shape index (κ1) is 20.3. The van der Waals surface area contributed by atoms with Crippen LogP contribution >= 0.6 is 11.6 Å². The van der Waals surface area contributed by atoms with Crippen LogP contribution in [0.25, 0.3) is 0 Å². The topological polar surface area (TPSA) is 43.9 Å². The Hall–Kier alpha value is -3.00. The summed E-state index contributed by atoms with van der Waals surface area (Å²) in [5.74, 6) is -0.882. The lowest BCUT2D eigenvalue weighted by molar-refractivity contribution is -0.137. The van der Waals surface area contributed by atoms with Crippen LogP contribution in [0.5, 0.6) is 0 Å². The van der Waals surface area contributed by atoms with Crippen LogP contribution in [-0.2, 0) is 15.8 Å². The minimum absolute atomic E-state index is 0.281. The summed E-state index contributed by atoms with van der Waals surface area (Å²) in [6, 6.07) is 11.7. The molecule has 0 unspecified atom stereocenters. The lowest BCUT2D eigenvalue weighted by Gasteiger charge is -2.37. The van der Waals surface area contributed by atoms with Gasteiger partial charge in [0, 0.05) is 43.0 Å². The minimum atomic E-state index is -4.40. The van der Waals surface area contributed by atoms with Gasteiger partial charge in [-0.05, 0) is 36.4 Å². The van der Waals surface area contributed by atoms with Gasteiger partial charge < -0.3 is 9.80 Å². The summed E-state index contributed by atoms with van der Waals surface area (Å²) < 4.78 is 38.9. The highest BCUT2D eigenvalue weighted by Gasteiger charge is 2.37. The predicted octanol–water partition coefficient (Wildman–Crippen LogP) is 3.94. The monoisotopic (exact) mass is 435 g/mol. The van der Waals surface area contributed by atoms with Crippen molar-refractivity contribution in [2.45, 2.75) is 6.18 Å². The molecule has 2 aromatic carbocycles. The molecule has 5 nitrogen and oxygen atoms in total.